The van der Waals surface area contributed by atoms with Gasteiger partial charge in [-0.05, 0) is 77.4 Å². The van der Waals surface area contributed by atoms with Crippen LogP contribution in [-0.4, -0.2) is 122 Å². The summed E-state index contributed by atoms with van der Waals surface area (Å²) in [6.07, 6.45) is 18.9. The first-order valence-corrected chi connectivity index (χ1v) is 38.6. The van der Waals surface area contributed by atoms with Crippen molar-refractivity contribution >= 4 is 69.8 Å². The highest BCUT2D eigenvalue weighted by molar-refractivity contribution is 5.84. The molecule has 0 heterocycles. The Morgan fingerprint density at radius 2 is 0.543 bits per heavy atom. The lowest BCUT2D eigenvalue weighted by molar-refractivity contribution is -0.122. The molecule has 0 aliphatic rings. The van der Waals surface area contributed by atoms with Crippen molar-refractivity contribution in [1.29, 1.82) is 0 Å². The summed E-state index contributed by atoms with van der Waals surface area (Å²) in [6, 6.07) is 0. The molecule has 0 fully saturated rings. The van der Waals surface area contributed by atoms with Crippen molar-refractivity contribution in [2.45, 2.75) is 294 Å². The molecular weight excluding hydrogens is 1330 g/mol. The molecule has 105 heavy (non-hydrogen) atoms. The lowest BCUT2D eigenvalue weighted by atomic mass is 10.0. The van der Waals surface area contributed by atoms with E-state index in [1.807, 2.05) is 145 Å². The number of carbonyl (C=O) groups excluding carboxylic acids is 10. The molecule has 0 saturated heterocycles. The zero-order chi connectivity index (χ0) is 84.2. The number of unbranched alkanes of at least 4 members (excludes halogenated alkanes) is 7. The van der Waals surface area contributed by atoms with Gasteiger partial charge in [0.05, 0.1) is 24.0 Å². The number of hydrogen-bond donors (Lipinski definition) is 13. The molecule has 0 unspecified atom stereocenters. The molecule has 0 spiro atoms. The van der Waals surface area contributed by atoms with E-state index in [1.165, 1.54) is 12.8 Å². The molecular formula is C80H165N15O10. The van der Waals surface area contributed by atoms with Gasteiger partial charge in [0.25, 0.3) is 0 Å². The SMILES string of the molecule is C=C(N)NCC(=O)C(C)C.C=C(N)NCCCC(=O)C(C)C.C=C(N)NCCCCCC(=O)C(C)C.CC(C)C(=O)CCCCCN.CC(C)C(=O)CCCCN=C(N)N.CC(C)C(=O)CCCN.CC(C)C(=O)CCN.CC(C)C(=O)CCN=C(N)N.CCC(=O)C(C)C.CCCCCC(=O)C(C)C. The van der Waals surface area contributed by atoms with Crippen LogP contribution in [0.1, 0.15) is 294 Å². The number of guanidine groups is 2. The third-order valence-electron chi connectivity index (χ3n) is 14.6. The normalized spacial score (nSPS) is 10.0. The van der Waals surface area contributed by atoms with Crippen LogP contribution >= 0.6 is 0 Å². The minimum atomic E-state index is 0.0431. The van der Waals surface area contributed by atoms with E-state index in [2.05, 4.69) is 52.6 Å². The Hall–Kier alpha value is -6.86. The molecule has 25 nitrogen and oxygen atoms in total. The van der Waals surface area contributed by atoms with Gasteiger partial charge in [0.15, 0.2) is 17.7 Å². The predicted molar refractivity (Wildman–Crippen MR) is 444 cm³/mol. The van der Waals surface area contributed by atoms with Gasteiger partial charge < -0.3 is 73.3 Å². The van der Waals surface area contributed by atoms with Crippen LogP contribution in [0.25, 0.3) is 0 Å². The standard InChI is InChI=1S/C11H22N2O.C9H19N3O.C9H18N2O.C9H19NO.C9H18O.C7H15N3O.C7H14N2O.C7H15NO.C6H13NO.C6H12O/c1-9(2)11(14)7-5-4-6-8-13-10(3)12;1-7(2)8(13)5-3-4-6-12-9(10)11;1-7(2)9(12)5-4-6-11-8(3)10;1-8(2)9(11)6-4-3-5-7-10;1-4-5-6-7-9(10)8(2)3;1-5(2)6(11)3-4-10-7(8)9;1-5(2)7(10)4-9-6(3)8;1-6(2)7(9)4-3-5-8;1-5(2)6(8)3-4-7;1-4-6(7)5(2)3/h9,13H,3-8,12H2,1-2H3;7H,3-6H2,1-2H3,(H4,10,11,12);7,11H,3-6,10H2,1-2H3;8H,3-7,10H2,1-2H3;8H,4-7H2,1-3H3;5H,3-4H2,1-2H3,(H4,8,9,10);5,9H,3-4,8H2,1-2H3;6H,3-5,8H2,1-2H3;5H,3-4,7H2,1-2H3;5H,4H2,1-3H3. The Balaban J connectivity index is -0.000000120. The largest absolute Gasteiger partial charge is 0.386 e. The Bertz CT molecular complexity index is 2310. The summed E-state index contributed by atoms with van der Waals surface area (Å²) in [4.78, 5) is 117. The van der Waals surface area contributed by atoms with E-state index >= 15 is 0 Å². The van der Waals surface area contributed by atoms with Crippen molar-refractivity contribution in [3.8, 4) is 0 Å². The minimum absolute atomic E-state index is 0.0431. The fourth-order valence-electron chi connectivity index (χ4n) is 6.99. The van der Waals surface area contributed by atoms with Crippen LogP contribution in [0, 0.1) is 59.2 Å². The Morgan fingerprint density at radius 3 is 0.810 bits per heavy atom. The van der Waals surface area contributed by atoms with E-state index in [0.29, 0.717) is 129 Å². The van der Waals surface area contributed by atoms with Gasteiger partial charge in [-0.2, -0.15) is 0 Å². The molecule has 0 aromatic heterocycles. The average molecular weight is 1500 g/mol. The van der Waals surface area contributed by atoms with Crippen molar-refractivity contribution in [1.82, 2.24) is 16.0 Å². The molecule has 0 aliphatic heterocycles. The first-order chi connectivity index (χ1) is 48.6. The number of Topliss-reactive ketones (excluding diaryl/α,β-unsaturated/α-hetero) is 10. The lowest BCUT2D eigenvalue weighted by Crippen LogP contribution is -2.28. The fourth-order valence-corrected chi connectivity index (χ4v) is 6.99. The smallest absolute Gasteiger partial charge is 0.185 e. The number of nitrogens with two attached hydrogens (primary N) is 10. The molecule has 0 amide bonds. The minimum Gasteiger partial charge on any atom is -0.386 e. The summed E-state index contributed by atoms with van der Waals surface area (Å²) in [6.45, 7) is 57.5. The monoisotopic (exact) mass is 1500 g/mol. The van der Waals surface area contributed by atoms with E-state index in [0.717, 1.165) is 103 Å². The molecule has 0 atom stereocenters. The third kappa shape index (κ3) is 113. The quantitative estimate of drug-likeness (QED) is 0.0153. The number of rotatable bonds is 48. The van der Waals surface area contributed by atoms with E-state index in [1.54, 1.807) is 0 Å². The Labute approximate surface area is 640 Å². The van der Waals surface area contributed by atoms with Crippen LogP contribution in [0.3, 0.4) is 0 Å². The first-order valence-electron chi connectivity index (χ1n) is 38.6. The maximum Gasteiger partial charge on any atom is 0.185 e. The first kappa shape index (κ1) is 119. The van der Waals surface area contributed by atoms with Gasteiger partial charge in [-0.15, -0.1) is 0 Å². The summed E-state index contributed by atoms with van der Waals surface area (Å²) < 4.78 is 0. The van der Waals surface area contributed by atoms with Gasteiger partial charge in [-0.3, -0.25) is 57.9 Å². The molecule has 0 saturated carbocycles. The number of carbonyl (C=O) groups is 10. The highest BCUT2D eigenvalue weighted by Crippen LogP contribution is 2.09. The highest BCUT2D eigenvalue weighted by atomic mass is 16.2. The van der Waals surface area contributed by atoms with Gasteiger partial charge in [-0.25, -0.2) is 0 Å². The molecule has 0 rings (SSSR count). The topological polar surface area (TPSA) is 492 Å². The van der Waals surface area contributed by atoms with Crippen molar-refractivity contribution in [3.63, 3.8) is 0 Å². The second-order valence-corrected chi connectivity index (χ2v) is 28.6. The van der Waals surface area contributed by atoms with Crippen LogP contribution in [0.15, 0.2) is 47.2 Å². The van der Waals surface area contributed by atoms with E-state index in [-0.39, 0.29) is 95.0 Å². The molecule has 0 aliphatic carbocycles. The molecule has 23 N–H and O–H groups in total. The third-order valence-corrected chi connectivity index (χ3v) is 14.6. The van der Waals surface area contributed by atoms with Gasteiger partial charge in [-0.1, -0.05) is 198 Å². The highest BCUT2D eigenvalue weighted by Gasteiger charge is 2.11. The van der Waals surface area contributed by atoms with Crippen molar-refractivity contribution < 1.29 is 47.9 Å². The van der Waals surface area contributed by atoms with Gasteiger partial charge in [0.2, 0.25) is 0 Å². The average Bonchev–Trinajstić information content (AvgIpc) is 1.75. The molecule has 0 bridgehead atoms. The predicted octanol–water partition coefficient (Wildman–Crippen LogP) is 11.2. The van der Waals surface area contributed by atoms with Gasteiger partial charge in [0, 0.05) is 143 Å². The Kier molecular flexibility index (Phi) is 95.8. The second kappa shape index (κ2) is 84.4. The van der Waals surface area contributed by atoms with E-state index in [4.69, 9.17) is 57.3 Å². The molecule has 0 radical (unpaired) electrons. The van der Waals surface area contributed by atoms with Crippen molar-refractivity contribution in [2.24, 2.45) is 127 Å². The van der Waals surface area contributed by atoms with Crippen LogP contribution in [0.5, 0.6) is 0 Å². The summed E-state index contributed by atoms with van der Waals surface area (Å²) >= 11 is 0. The second-order valence-electron chi connectivity index (χ2n) is 28.6. The number of nitrogens with zero attached hydrogens (tertiary/aromatic N) is 2. The van der Waals surface area contributed by atoms with Gasteiger partial charge in [0.1, 0.15) is 52.0 Å². The fraction of sp³-hybridized carbons (Fsp3) is 0.775. The van der Waals surface area contributed by atoms with Crippen LogP contribution < -0.4 is 73.3 Å². The van der Waals surface area contributed by atoms with E-state index in [9.17, 15) is 47.9 Å². The maximum atomic E-state index is 11.2. The summed E-state index contributed by atoms with van der Waals surface area (Å²) in [5.74, 6) is 6.10. The number of aliphatic imine (C=N–C) groups is 2. The summed E-state index contributed by atoms with van der Waals surface area (Å²) in [5, 5.41) is 8.49. The zero-order valence-corrected chi connectivity index (χ0v) is 70.9. The lowest BCUT2D eigenvalue weighted by Gasteiger charge is -2.05. The number of nitrogens with one attached hydrogen (secondary N) is 3. The van der Waals surface area contributed by atoms with E-state index < -0.39 is 0 Å². The van der Waals surface area contributed by atoms with Crippen LogP contribution in [-0.2, 0) is 47.9 Å². The summed E-state index contributed by atoms with van der Waals surface area (Å²) in [5.41, 5.74) is 51.9. The Morgan fingerprint density at radius 1 is 0.276 bits per heavy atom. The van der Waals surface area contributed by atoms with Crippen LogP contribution in [0.4, 0.5) is 0 Å². The molecule has 620 valence electrons. The number of ketones is 10. The summed E-state index contributed by atoms with van der Waals surface area (Å²) in [7, 11) is 0. The maximum absolute atomic E-state index is 11.2. The molecule has 25 heteroatoms. The zero-order valence-electron chi connectivity index (χ0n) is 70.9. The number of hydrogen-bond acceptors (Lipinski definition) is 21. The van der Waals surface area contributed by atoms with Gasteiger partial charge >= 0.3 is 0 Å². The molecule has 0 aromatic carbocycles. The van der Waals surface area contributed by atoms with Crippen LogP contribution in [0.2, 0.25) is 0 Å². The van der Waals surface area contributed by atoms with Crippen molar-refractivity contribution in [2.75, 3.05) is 52.4 Å². The molecule has 0 aromatic rings. The van der Waals surface area contributed by atoms with Crippen molar-refractivity contribution in [3.05, 3.63) is 37.2 Å².